The predicted molar refractivity (Wildman–Crippen MR) is 155 cm³/mol. The molecule has 0 aliphatic carbocycles. The first-order valence-corrected chi connectivity index (χ1v) is 14.2. The maximum absolute atomic E-state index is 13.6. The molecule has 0 spiro atoms. The van der Waals surface area contributed by atoms with Crippen LogP contribution in [0.15, 0.2) is 58.5 Å². The highest BCUT2D eigenvalue weighted by Crippen LogP contribution is 2.44. The van der Waals surface area contributed by atoms with Gasteiger partial charge in [0.15, 0.2) is 0 Å². The molecule has 44 heavy (non-hydrogen) atoms. The molecule has 2 aliphatic rings. The number of H-pyrrole nitrogens is 1. The zero-order chi connectivity index (χ0) is 31.8. The number of aryl methyl sites for hydroxylation is 1. The highest BCUT2D eigenvalue weighted by atomic mass is 19.4. The number of methoxy groups -OCH3 is 1. The third-order valence-electron chi connectivity index (χ3n) is 8.43. The molecule has 232 valence electrons. The van der Waals surface area contributed by atoms with Crippen LogP contribution >= 0.6 is 0 Å². The number of carbonyl (C=O) groups excluding carboxylic acids is 1. The summed E-state index contributed by atoms with van der Waals surface area (Å²) in [5.41, 5.74) is 0.535. The second-order valence-electron chi connectivity index (χ2n) is 11.2. The van der Waals surface area contributed by atoms with Crippen molar-refractivity contribution in [1.82, 2.24) is 19.7 Å². The van der Waals surface area contributed by atoms with Gasteiger partial charge in [0.05, 0.1) is 36.5 Å². The summed E-state index contributed by atoms with van der Waals surface area (Å²) >= 11 is 0. The number of nitriles is 1. The van der Waals surface area contributed by atoms with Crippen LogP contribution in [0.4, 0.5) is 24.8 Å². The normalized spacial score (nSPS) is 20.4. The van der Waals surface area contributed by atoms with Crippen LogP contribution in [0, 0.1) is 17.2 Å². The van der Waals surface area contributed by atoms with Gasteiger partial charge in [-0.25, -0.2) is 19.3 Å². The number of halogens is 3. The molecule has 1 fully saturated rings. The van der Waals surface area contributed by atoms with E-state index in [9.17, 15) is 28.0 Å². The summed E-state index contributed by atoms with van der Waals surface area (Å²) in [7, 11) is 5.27. The zero-order valence-corrected chi connectivity index (χ0v) is 24.8. The van der Waals surface area contributed by atoms with Crippen molar-refractivity contribution in [2.75, 3.05) is 39.3 Å². The number of benzene rings is 2. The Balaban J connectivity index is 1.66. The number of aromatic nitrogens is 3. The standard InChI is InChI=1S/C31H33F3N6O4/c1-18-26(28(41)43-4)27(40-29(36-37-30(40)42)39(18)23-7-5-6-22(15-23)31(32,33)34)24-11-8-19(16-35)14-20(24)9-10-21-17-44-13-12-25(21)38(2)3/h5-8,11,14-15,21,25,27H,9-10,12-13,17H2,1-4H3,(H,37,42)/t21?,25?,27-/m1/s1. The van der Waals surface area contributed by atoms with Gasteiger partial charge >= 0.3 is 17.8 Å². The molecule has 1 aromatic heterocycles. The van der Waals surface area contributed by atoms with E-state index < -0.39 is 29.4 Å². The first-order chi connectivity index (χ1) is 21.0. The quantitative estimate of drug-likeness (QED) is 0.388. The zero-order valence-electron chi connectivity index (χ0n) is 24.8. The number of aromatic amines is 1. The smallest absolute Gasteiger partial charge is 0.416 e. The molecular weight excluding hydrogens is 577 g/mol. The van der Waals surface area contributed by atoms with Gasteiger partial charge in [-0.1, -0.05) is 12.1 Å². The molecule has 3 atom stereocenters. The van der Waals surface area contributed by atoms with Gasteiger partial charge in [-0.3, -0.25) is 4.90 Å². The first kappa shape index (κ1) is 31.0. The molecule has 2 aliphatic heterocycles. The molecule has 1 N–H and O–H groups in total. The highest BCUT2D eigenvalue weighted by Gasteiger charge is 2.41. The van der Waals surface area contributed by atoms with Gasteiger partial charge in [0, 0.05) is 24.0 Å². The Morgan fingerprint density at radius 3 is 2.70 bits per heavy atom. The lowest BCUT2D eigenvalue weighted by Crippen LogP contribution is -2.42. The molecule has 0 bridgehead atoms. The minimum absolute atomic E-state index is 0.00754. The predicted octanol–water partition coefficient (Wildman–Crippen LogP) is 4.55. The number of ether oxygens (including phenoxy) is 2. The molecule has 2 unspecified atom stereocenters. The van der Waals surface area contributed by atoms with Crippen molar-refractivity contribution in [3.05, 3.63) is 86.5 Å². The number of rotatable bonds is 7. The van der Waals surface area contributed by atoms with E-state index in [1.54, 1.807) is 25.1 Å². The van der Waals surface area contributed by atoms with E-state index in [1.165, 1.54) is 28.7 Å². The monoisotopic (exact) mass is 610 g/mol. The number of hydrogen-bond donors (Lipinski definition) is 1. The second-order valence-corrected chi connectivity index (χ2v) is 11.2. The van der Waals surface area contributed by atoms with E-state index in [-0.39, 0.29) is 28.8 Å². The third-order valence-corrected chi connectivity index (χ3v) is 8.43. The van der Waals surface area contributed by atoms with Gasteiger partial charge in [0.25, 0.3) is 0 Å². The molecule has 0 saturated carbocycles. The van der Waals surface area contributed by atoms with Crippen LogP contribution in [0.1, 0.15) is 48.1 Å². The second kappa shape index (κ2) is 12.3. The average molecular weight is 611 g/mol. The average Bonchev–Trinajstić information content (AvgIpc) is 3.39. The number of hydrogen-bond acceptors (Lipinski definition) is 8. The van der Waals surface area contributed by atoms with Crippen LogP contribution in [-0.2, 0) is 26.9 Å². The minimum atomic E-state index is -4.62. The van der Waals surface area contributed by atoms with Crippen LogP contribution in [-0.4, -0.2) is 66.1 Å². The van der Waals surface area contributed by atoms with E-state index in [0.29, 0.717) is 36.8 Å². The fraction of sp³-hybridized carbons (Fsp3) is 0.419. The Bertz CT molecular complexity index is 1690. The maximum atomic E-state index is 13.6. The summed E-state index contributed by atoms with van der Waals surface area (Å²) < 4.78 is 53.1. The number of anilines is 2. The number of esters is 1. The SMILES string of the molecule is COC(=O)C1=C(C)N(c2cccc(C(F)(F)F)c2)c2n[nH]c(=O)n2[C@@H]1c1ccc(C#N)cc1CCC1COCCC1N(C)C. The summed E-state index contributed by atoms with van der Waals surface area (Å²) in [6, 6.07) is 11.1. The Kier molecular flexibility index (Phi) is 8.67. The Morgan fingerprint density at radius 2 is 2.02 bits per heavy atom. The van der Waals surface area contributed by atoms with Crippen LogP contribution < -0.4 is 10.6 Å². The van der Waals surface area contributed by atoms with Crippen LogP contribution in [0.25, 0.3) is 0 Å². The summed E-state index contributed by atoms with van der Waals surface area (Å²) in [6.45, 7) is 2.84. The Morgan fingerprint density at radius 1 is 1.25 bits per heavy atom. The van der Waals surface area contributed by atoms with Crippen molar-refractivity contribution in [3.8, 4) is 6.07 Å². The van der Waals surface area contributed by atoms with Gasteiger partial charge in [-0.05, 0) is 87.7 Å². The van der Waals surface area contributed by atoms with E-state index in [1.807, 2.05) is 14.1 Å². The molecule has 0 radical (unpaired) electrons. The largest absolute Gasteiger partial charge is 0.466 e. The maximum Gasteiger partial charge on any atom is 0.416 e. The molecule has 2 aromatic carbocycles. The number of allylic oxidation sites excluding steroid dienone is 1. The van der Waals surface area contributed by atoms with Crippen LogP contribution in [0.5, 0.6) is 0 Å². The van der Waals surface area contributed by atoms with Gasteiger partial charge in [-0.2, -0.15) is 18.4 Å². The summed E-state index contributed by atoms with van der Waals surface area (Å²) in [5.74, 6) is -0.537. The van der Waals surface area contributed by atoms with Crippen molar-refractivity contribution in [2.45, 2.75) is 44.4 Å². The van der Waals surface area contributed by atoms with Gasteiger partial charge in [0.2, 0.25) is 5.95 Å². The van der Waals surface area contributed by atoms with E-state index in [4.69, 9.17) is 9.47 Å². The number of fused-ring (bicyclic) bond motifs is 1. The summed E-state index contributed by atoms with van der Waals surface area (Å²) in [5, 5.41) is 16.3. The van der Waals surface area contributed by atoms with E-state index in [2.05, 4.69) is 21.2 Å². The summed E-state index contributed by atoms with van der Waals surface area (Å²) in [4.78, 5) is 30.3. The summed E-state index contributed by atoms with van der Waals surface area (Å²) in [6.07, 6.45) is -2.49. The number of nitrogens with one attached hydrogen (secondary N) is 1. The molecule has 3 aromatic rings. The molecule has 5 rings (SSSR count). The van der Waals surface area contributed by atoms with Crippen molar-refractivity contribution in [2.24, 2.45) is 5.92 Å². The van der Waals surface area contributed by atoms with Crippen molar-refractivity contribution < 1.29 is 27.4 Å². The van der Waals surface area contributed by atoms with E-state index in [0.717, 1.165) is 30.5 Å². The van der Waals surface area contributed by atoms with E-state index >= 15 is 0 Å². The van der Waals surface area contributed by atoms with Gasteiger partial charge in [0.1, 0.15) is 6.04 Å². The Labute approximate surface area is 252 Å². The fourth-order valence-corrected chi connectivity index (χ4v) is 6.32. The molecule has 13 heteroatoms. The lowest BCUT2D eigenvalue weighted by Gasteiger charge is -2.37. The van der Waals surface area contributed by atoms with Crippen LogP contribution in [0.3, 0.4) is 0 Å². The van der Waals surface area contributed by atoms with Crippen molar-refractivity contribution >= 4 is 17.6 Å². The van der Waals surface area contributed by atoms with Crippen molar-refractivity contribution in [1.29, 1.82) is 5.26 Å². The number of nitrogens with zero attached hydrogens (tertiary/aromatic N) is 5. The first-order valence-electron chi connectivity index (χ1n) is 14.2. The molecule has 1 saturated heterocycles. The van der Waals surface area contributed by atoms with Gasteiger partial charge in [-0.15, -0.1) is 5.10 Å². The van der Waals surface area contributed by atoms with Crippen molar-refractivity contribution in [3.63, 3.8) is 0 Å². The number of carbonyl (C=O) groups is 1. The molecule has 0 amide bonds. The Hall–Kier alpha value is -4.41. The third kappa shape index (κ3) is 5.75. The van der Waals surface area contributed by atoms with Crippen LogP contribution in [0.2, 0.25) is 0 Å². The topological polar surface area (TPSA) is 116 Å². The lowest BCUT2D eigenvalue weighted by molar-refractivity contribution is -0.138. The fourth-order valence-electron chi connectivity index (χ4n) is 6.32. The highest BCUT2D eigenvalue weighted by molar-refractivity contribution is 5.93. The number of alkyl halides is 3. The molecule has 10 nitrogen and oxygen atoms in total. The van der Waals surface area contributed by atoms with Gasteiger partial charge < -0.3 is 14.4 Å². The minimum Gasteiger partial charge on any atom is -0.466 e. The molecule has 3 heterocycles. The molecular formula is C31H33F3N6O4. The lowest BCUT2D eigenvalue weighted by atomic mass is 9.85.